The van der Waals surface area contributed by atoms with E-state index in [9.17, 15) is 5.11 Å². The van der Waals surface area contributed by atoms with Crippen molar-refractivity contribution in [1.29, 1.82) is 0 Å². The van der Waals surface area contributed by atoms with Gasteiger partial charge in [-0.05, 0) is 30.9 Å². The molecule has 1 nitrogen and oxygen atoms in total. The van der Waals surface area contributed by atoms with Crippen LogP contribution < -0.4 is 0 Å². The second-order valence-electron chi connectivity index (χ2n) is 5.37. The van der Waals surface area contributed by atoms with Crippen LogP contribution in [0.3, 0.4) is 0 Å². The third kappa shape index (κ3) is 4.84. The molecule has 1 fully saturated rings. The fourth-order valence-corrected chi connectivity index (χ4v) is 4.02. The second kappa shape index (κ2) is 8.33. The van der Waals surface area contributed by atoms with Gasteiger partial charge in [0.05, 0.1) is 6.10 Å². The molecule has 2 rings (SSSR count). The van der Waals surface area contributed by atoms with Gasteiger partial charge >= 0.3 is 0 Å². The molecule has 1 saturated carbocycles. The largest absolute Gasteiger partial charge is 0.389 e. The predicted octanol–water partition coefficient (Wildman–Crippen LogP) is 5.03. The molecular formula is C18H24OS. The smallest absolute Gasteiger partial charge is 0.0769 e. The quantitative estimate of drug-likeness (QED) is 0.741. The number of aliphatic hydroxyl groups excluding tert-OH is 1. The van der Waals surface area contributed by atoms with Crippen LogP contribution in [-0.4, -0.2) is 16.5 Å². The highest BCUT2D eigenvalue weighted by atomic mass is 32.2. The first-order valence-corrected chi connectivity index (χ1v) is 8.40. The summed E-state index contributed by atoms with van der Waals surface area (Å²) in [6, 6.07) is 10.4. The molecule has 1 aromatic carbocycles. The normalized spacial score (nSPS) is 18.8. The van der Waals surface area contributed by atoms with Gasteiger partial charge in [-0.1, -0.05) is 55.7 Å². The Kier molecular flexibility index (Phi) is 6.41. The third-order valence-electron chi connectivity index (χ3n) is 3.66. The topological polar surface area (TPSA) is 20.2 Å². The Balaban J connectivity index is 2.13. The lowest BCUT2D eigenvalue weighted by Crippen LogP contribution is -2.09. The minimum atomic E-state index is -0.432. The average Bonchev–Trinajstić information content (AvgIpc) is 2.49. The Morgan fingerprint density at radius 2 is 1.95 bits per heavy atom. The lowest BCUT2D eigenvalue weighted by molar-refractivity contribution is 0.228. The molecule has 0 saturated heterocycles. The molecule has 1 atom stereocenters. The SMILES string of the molecule is C=CCC(O)/C=C(\SC1CCCCC1)c1ccccc1. The van der Waals surface area contributed by atoms with Gasteiger partial charge in [0.2, 0.25) is 0 Å². The monoisotopic (exact) mass is 288 g/mol. The molecule has 0 aromatic heterocycles. The summed E-state index contributed by atoms with van der Waals surface area (Å²) in [6.45, 7) is 3.70. The Labute approximate surface area is 126 Å². The van der Waals surface area contributed by atoms with E-state index in [2.05, 4.69) is 30.8 Å². The van der Waals surface area contributed by atoms with Crippen LogP contribution in [0, 0.1) is 0 Å². The third-order valence-corrected chi connectivity index (χ3v) is 5.09. The van der Waals surface area contributed by atoms with Crippen molar-refractivity contribution < 1.29 is 5.11 Å². The Bertz CT molecular complexity index is 432. The van der Waals surface area contributed by atoms with Gasteiger partial charge in [0, 0.05) is 10.2 Å². The molecule has 0 radical (unpaired) electrons. The highest BCUT2D eigenvalue weighted by Crippen LogP contribution is 2.38. The first kappa shape index (κ1) is 15.4. The second-order valence-corrected chi connectivity index (χ2v) is 6.71. The van der Waals surface area contributed by atoms with E-state index >= 15 is 0 Å². The standard InChI is InChI=1S/C18H24OS/c1-2-9-16(19)14-18(15-10-5-3-6-11-15)20-17-12-7-4-8-13-17/h2-3,5-6,10-11,14,16-17,19H,1,4,7-9,12-13H2/b18-14-. The zero-order valence-electron chi connectivity index (χ0n) is 12.0. The lowest BCUT2D eigenvalue weighted by atomic mass is 10.0. The van der Waals surface area contributed by atoms with Crippen LogP contribution in [0.25, 0.3) is 4.91 Å². The molecule has 0 spiro atoms. The van der Waals surface area contributed by atoms with Crippen LogP contribution in [0.15, 0.2) is 49.1 Å². The zero-order valence-corrected chi connectivity index (χ0v) is 12.8. The highest BCUT2D eigenvalue weighted by Gasteiger charge is 2.17. The van der Waals surface area contributed by atoms with Crippen LogP contribution in [-0.2, 0) is 0 Å². The Hall–Kier alpha value is -0.990. The lowest BCUT2D eigenvalue weighted by Gasteiger charge is -2.23. The van der Waals surface area contributed by atoms with Crippen LogP contribution in [0.5, 0.6) is 0 Å². The minimum absolute atomic E-state index is 0.432. The van der Waals surface area contributed by atoms with Crippen LogP contribution in [0.4, 0.5) is 0 Å². The summed E-state index contributed by atoms with van der Waals surface area (Å²) >= 11 is 1.94. The maximum atomic E-state index is 10.0. The Morgan fingerprint density at radius 1 is 1.25 bits per heavy atom. The van der Waals surface area contributed by atoms with E-state index in [0.29, 0.717) is 11.7 Å². The number of aliphatic hydroxyl groups is 1. The molecule has 1 aromatic rings. The van der Waals surface area contributed by atoms with E-state index in [0.717, 1.165) is 0 Å². The maximum Gasteiger partial charge on any atom is 0.0769 e. The van der Waals surface area contributed by atoms with Gasteiger partial charge in [0.1, 0.15) is 0 Å². The van der Waals surface area contributed by atoms with Crippen molar-refractivity contribution in [2.45, 2.75) is 49.9 Å². The maximum absolute atomic E-state index is 10.0. The summed E-state index contributed by atoms with van der Waals surface area (Å²) in [5.74, 6) is 0. The molecule has 1 aliphatic rings. The van der Waals surface area contributed by atoms with Crippen molar-refractivity contribution in [2.75, 3.05) is 0 Å². The molecule has 1 N–H and O–H groups in total. The summed E-state index contributed by atoms with van der Waals surface area (Å²) in [5, 5.41) is 10.7. The van der Waals surface area contributed by atoms with Crippen molar-refractivity contribution in [3.05, 3.63) is 54.6 Å². The van der Waals surface area contributed by atoms with Crippen molar-refractivity contribution in [3.63, 3.8) is 0 Å². The van der Waals surface area contributed by atoms with Gasteiger partial charge in [-0.15, -0.1) is 18.3 Å². The van der Waals surface area contributed by atoms with E-state index in [1.807, 2.05) is 23.9 Å². The van der Waals surface area contributed by atoms with Gasteiger partial charge in [0.25, 0.3) is 0 Å². The van der Waals surface area contributed by atoms with E-state index < -0.39 is 6.10 Å². The van der Waals surface area contributed by atoms with Crippen LogP contribution >= 0.6 is 11.8 Å². The fourth-order valence-electron chi connectivity index (χ4n) is 2.58. The van der Waals surface area contributed by atoms with E-state index in [4.69, 9.17) is 0 Å². The summed E-state index contributed by atoms with van der Waals surface area (Å²) in [5.41, 5.74) is 1.21. The van der Waals surface area contributed by atoms with E-state index in [1.165, 1.54) is 42.6 Å². The fraction of sp³-hybridized carbons (Fsp3) is 0.444. The van der Waals surface area contributed by atoms with Crippen molar-refractivity contribution >= 4 is 16.7 Å². The number of rotatable bonds is 6. The molecule has 0 bridgehead atoms. The van der Waals surface area contributed by atoms with Crippen LogP contribution in [0.1, 0.15) is 44.1 Å². The molecular weight excluding hydrogens is 264 g/mol. The van der Waals surface area contributed by atoms with Gasteiger partial charge < -0.3 is 5.11 Å². The summed E-state index contributed by atoms with van der Waals surface area (Å²) < 4.78 is 0. The zero-order chi connectivity index (χ0) is 14.2. The van der Waals surface area contributed by atoms with Crippen molar-refractivity contribution in [3.8, 4) is 0 Å². The van der Waals surface area contributed by atoms with Crippen molar-refractivity contribution in [2.24, 2.45) is 0 Å². The van der Waals surface area contributed by atoms with Gasteiger partial charge in [-0.2, -0.15) is 0 Å². The van der Waals surface area contributed by atoms with Gasteiger partial charge in [-0.25, -0.2) is 0 Å². The Morgan fingerprint density at radius 3 is 2.60 bits per heavy atom. The molecule has 0 aliphatic heterocycles. The van der Waals surface area contributed by atoms with Crippen molar-refractivity contribution in [1.82, 2.24) is 0 Å². The molecule has 1 unspecified atom stereocenters. The average molecular weight is 288 g/mol. The summed E-state index contributed by atoms with van der Waals surface area (Å²) in [4.78, 5) is 1.21. The molecule has 1 aliphatic carbocycles. The van der Waals surface area contributed by atoms with E-state index in [-0.39, 0.29) is 0 Å². The number of hydrogen-bond donors (Lipinski definition) is 1. The molecule has 108 valence electrons. The minimum Gasteiger partial charge on any atom is -0.389 e. The van der Waals surface area contributed by atoms with Gasteiger partial charge in [-0.3, -0.25) is 0 Å². The number of benzene rings is 1. The van der Waals surface area contributed by atoms with Crippen LogP contribution in [0.2, 0.25) is 0 Å². The molecule has 0 amide bonds. The van der Waals surface area contributed by atoms with Gasteiger partial charge in [0.15, 0.2) is 0 Å². The molecule has 0 heterocycles. The number of thioether (sulfide) groups is 1. The molecule has 20 heavy (non-hydrogen) atoms. The first-order chi connectivity index (χ1) is 9.79. The first-order valence-electron chi connectivity index (χ1n) is 7.52. The van der Waals surface area contributed by atoms with E-state index in [1.54, 1.807) is 6.08 Å². The summed E-state index contributed by atoms with van der Waals surface area (Å²) in [6.07, 6.45) is 10.6. The highest BCUT2D eigenvalue weighted by molar-refractivity contribution is 8.08. The molecule has 2 heteroatoms. The number of hydrogen-bond acceptors (Lipinski definition) is 2. The summed E-state index contributed by atoms with van der Waals surface area (Å²) in [7, 11) is 0. The predicted molar refractivity (Wildman–Crippen MR) is 89.7 cm³/mol.